The number of aromatic nitrogens is 1. The van der Waals surface area contributed by atoms with E-state index >= 15 is 0 Å². The van der Waals surface area contributed by atoms with Gasteiger partial charge in [0.1, 0.15) is 5.01 Å². The zero-order valence-electron chi connectivity index (χ0n) is 10.1. The van der Waals surface area contributed by atoms with E-state index in [1.54, 1.807) is 11.3 Å². The number of fused-ring (bicyclic) bond motifs is 1. The summed E-state index contributed by atoms with van der Waals surface area (Å²) in [6.07, 6.45) is 4.16. The summed E-state index contributed by atoms with van der Waals surface area (Å²) >= 11 is 1.77. The SMILES string of the molecule is C=CCCC(C)NCc1nc2ccccc2s1. The smallest absolute Gasteiger partial charge is 0.108 e. The number of rotatable bonds is 6. The van der Waals surface area contributed by atoms with Crippen LogP contribution in [0.15, 0.2) is 36.9 Å². The third kappa shape index (κ3) is 3.38. The van der Waals surface area contributed by atoms with Gasteiger partial charge in [0.05, 0.1) is 10.2 Å². The number of hydrogen-bond acceptors (Lipinski definition) is 3. The molecular weight excluding hydrogens is 228 g/mol. The van der Waals surface area contributed by atoms with E-state index in [0.717, 1.165) is 29.9 Å². The Balaban J connectivity index is 1.92. The van der Waals surface area contributed by atoms with Gasteiger partial charge in [0.15, 0.2) is 0 Å². The lowest BCUT2D eigenvalue weighted by Crippen LogP contribution is -2.25. The molecule has 2 aromatic rings. The fourth-order valence-electron chi connectivity index (χ4n) is 1.73. The second kappa shape index (κ2) is 5.94. The maximum Gasteiger partial charge on any atom is 0.108 e. The van der Waals surface area contributed by atoms with Crippen LogP contribution in [0.5, 0.6) is 0 Å². The number of nitrogens with one attached hydrogen (secondary N) is 1. The zero-order valence-corrected chi connectivity index (χ0v) is 11.0. The lowest BCUT2D eigenvalue weighted by atomic mass is 10.2. The fraction of sp³-hybridized carbons (Fsp3) is 0.357. The van der Waals surface area contributed by atoms with Crippen LogP contribution in [0.2, 0.25) is 0 Å². The van der Waals surface area contributed by atoms with Crippen LogP contribution in [0.3, 0.4) is 0 Å². The van der Waals surface area contributed by atoms with E-state index in [1.165, 1.54) is 4.70 Å². The second-order valence-corrected chi connectivity index (χ2v) is 5.34. The van der Waals surface area contributed by atoms with Gasteiger partial charge in [-0.25, -0.2) is 4.98 Å². The molecule has 90 valence electrons. The molecule has 0 aliphatic rings. The average molecular weight is 246 g/mol. The van der Waals surface area contributed by atoms with Crippen LogP contribution in [-0.4, -0.2) is 11.0 Å². The molecule has 0 saturated heterocycles. The minimum Gasteiger partial charge on any atom is -0.308 e. The van der Waals surface area contributed by atoms with Crippen molar-refractivity contribution < 1.29 is 0 Å². The van der Waals surface area contributed by atoms with Gasteiger partial charge in [0.2, 0.25) is 0 Å². The molecule has 3 heteroatoms. The standard InChI is InChI=1S/C14H18N2S/c1-3-4-7-11(2)15-10-14-16-12-8-5-6-9-13(12)17-14/h3,5-6,8-9,11,15H,1,4,7,10H2,2H3. The van der Waals surface area contributed by atoms with E-state index in [0.29, 0.717) is 6.04 Å². The van der Waals surface area contributed by atoms with Crippen LogP contribution in [-0.2, 0) is 6.54 Å². The van der Waals surface area contributed by atoms with Gasteiger partial charge in [-0.15, -0.1) is 17.9 Å². The Kier molecular flexibility index (Phi) is 4.29. The maximum absolute atomic E-state index is 4.60. The fourth-order valence-corrected chi connectivity index (χ4v) is 2.65. The number of nitrogens with zero attached hydrogens (tertiary/aromatic N) is 1. The lowest BCUT2D eigenvalue weighted by Gasteiger charge is -2.10. The van der Waals surface area contributed by atoms with Crippen LogP contribution >= 0.6 is 11.3 Å². The van der Waals surface area contributed by atoms with Crippen molar-refractivity contribution in [3.05, 3.63) is 41.9 Å². The Morgan fingerprint density at radius 2 is 2.29 bits per heavy atom. The molecule has 0 spiro atoms. The molecule has 1 aromatic carbocycles. The largest absolute Gasteiger partial charge is 0.308 e. The molecule has 2 rings (SSSR count). The molecule has 0 aliphatic carbocycles. The van der Waals surface area contributed by atoms with Crippen LogP contribution in [0.4, 0.5) is 0 Å². The summed E-state index contributed by atoms with van der Waals surface area (Å²) in [6, 6.07) is 8.80. The van der Waals surface area contributed by atoms with Crippen molar-refractivity contribution in [2.75, 3.05) is 0 Å². The third-order valence-electron chi connectivity index (χ3n) is 2.74. The summed E-state index contributed by atoms with van der Waals surface area (Å²) in [4.78, 5) is 4.60. The summed E-state index contributed by atoms with van der Waals surface area (Å²) in [5, 5.41) is 4.66. The van der Waals surface area contributed by atoms with E-state index in [-0.39, 0.29) is 0 Å². The highest BCUT2D eigenvalue weighted by molar-refractivity contribution is 7.18. The Labute approximate surface area is 106 Å². The number of allylic oxidation sites excluding steroid dienone is 1. The number of hydrogen-bond donors (Lipinski definition) is 1. The van der Waals surface area contributed by atoms with Crippen LogP contribution in [0, 0.1) is 0 Å². The normalized spacial score (nSPS) is 12.8. The molecule has 2 nitrogen and oxygen atoms in total. The summed E-state index contributed by atoms with van der Waals surface area (Å²) in [6.45, 7) is 6.81. The van der Waals surface area contributed by atoms with Gasteiger partial charge in [-0.2, -0.15) is 0 Å². The first-order valence-electron chi connectivity index (χ1n) is 5.98. The predicted octanol–water partition coefficient (Wildman–Crippen LogP) is 3.74. The summed E-state index contributed by atoms with van der Waals surface area (Å²) in [5.41, 5.74) is 1.10. The summed E-state index contributed by atoms with van der Waals surface area (Å²) in [7, 11) is 0. The Bertz CT molecular complexity index is 457. The molecule has 1 N–H and O–H groups in total. The van der Waals surface area contributed by atoms with Gasteiger partial charge in [-0.05, 0) is 31.9 Å². The molecule has 0 amide bonds. The molecule has 0 bridgehead atoms. The molecular formula is C14H18N2S. The monoisotopic (exact) mass is 246 g/mol. The van der Waals surface area contributed by atoms with Gasteiger partial charge < -0.3 is 5.32 Å². The highest BCUT2D eigenvalue weighted by Gasteiger charge is 2.04. The van der Waals surface area contributed by atoms with Crippen molar-refractivity contribution in [3.63, 3.8) is 0 Å². The summed E-state index contributed by atoms with van der Waals surface area (Å²) in [5.74, 6) is 0. The molecule has 17 heavy (non-hydrogen) atoms. The van der Waals surface area contributed by atoms with Crippen molar-refractivity contribution in [2.24, 2.45) is 0 Å². The van der Waals surface area contributed by atoms with Crippen molar-refractivity contribution in [1.29, 1.82) is 0 Å². The highest BCUT2D eigenvalue weighted by atomic mass is 32.1. The first kappa shape index (κ1) is 12.3. The van der Waals surface area contributed by atoms with Gasteiger partial charge >= 0.3 is 0 Å². The molecule has 1 heterocycles. The predicted molar refractivity (Wildman–Crippen MR) is 75.4 cm³/mol. The van der Waals surface area contributed by atoms with Crippen molar-refractivity contribution in [2.45, 2.75) is 32.4 Å². The van der Waals surface area contributed by atoms with E-state index < -0.39 is 0 Å². The minimum absolute atomic E-state index is 0.514. The van der Waals surface area contributed by atoms with Crippen molar-refractivity contribution in [3.8, 4) is 0 Å². The van der Waals surface area contributed by atoms with E-state index in [2.05, 4.69) is 42.0 Å². The Hall–Kier alpha value is -1.19. The second-order valence-electron chi connectivity index (χ2n) is 4.22. The minimum atomic E-state index is 0.514. The van der Waals surface area contributed by atoms with Crippen LogP contribution < -0.4 is 5.32 Å². The Morgan fingerprint density at radius 1 is 1.47 bits per heavy atom. The Morgan fingerprint density at radius 3 is 3.06 bits per heavy atom. The maximum atomic E-state index is 4.60. The van der Waals surface area contributed by atoms with Gasteiger partial charge in [-0.3, -0.25) is 0 Å². The van der Waals surface area contributed by atoms with Crippen LogP contribution in [0.25, 0.3) is 10.2 Å². The molecule has 0 saturated carbocycles. The van der Waals surface area contributed by atoms with E-state index in [4.69, 9.17) is 0 Å². The van der Waals surface area contributed by atoms with Gasteiger partial charge in [0, 0.05) is 12.6 Å². The quantitative estimate of drug-likeness (QED) is 0.785. The first-order valence-corrected chi connectivity index (χ1v) is 6.80. The first-order chi connectivity index (χ1) is 8.29. The lowest BCUT2D eigenvalue weighted by molar-refractivity contribution is 0.517. The molecule has 0 radical (unpaired) electrons. The number of para-hydroxylation sites is 1. The molecule has 1 unspecified atom stereocenters. The number of thiazole rings is 1. The van der Waals surface area contributed by atoms with Gasteiger partial charge in [0.25, 0.3) is 0 Å². The van der Waals surface area contributed by atoms with Crippen LogP contribution in [0.1, 0.15) is 24.8 Å². The zero-order chi connectivity index (χ0) is 12.1. The summed E-state index contributed by atoms with van der Waals surface area (Å²) < 4.78 is 1.27. The van der Waals surface area contributed by atoms with Crippen molar-refractivity contribution >= 4 is 21.6 Å². The average Bonchev–Trinajstić information content (AvgIpc) is 2.76. The van der Waals surface area contributed by atoms with E-state index in [1.807, 2.05) is 12.1 Å². The molecule has 1 atom stereocenters. The topological polar surface area (TPSA) is 24.9 Å². The molecule has 0 aliphatic heterocycles. The van der Waals surface area contributed by atoms with E-state index in [9.17, 15) is 0 Å². The number of benzene rings is 1. The van der Waals surface area contributed by atoms with Gasteiger partial charge in [-0.1, -0.05) is 18.2 Å². The molecule has 0 fully saturated rings. The third-order valence-corrected chi connectivity index (χ3v) is 3.78. The molecule has 1 aromatic heterocycles. The van der Waals surface area contributed by atoms with Crippen molar-refractivity contribution in [1.82, 2.24) is 10.3 Å². The highest BCUT2D eigenvalue weighted by Crippen LogP contribution is 2.21.